The van der Waals surface area contributed by atoms with Crippen LogP contribution in [0.2, 0.25) is 0 Å². The molecule has 96 valence electrons. The zero-order chi connectivity index (χ0) is 12.7. The minimum Gasteiger partial charge on any atom is -0.297 e. The van der Waals surface area contributed by atoms with Gasteiger partial charge in [0.1, 0.15) is 0 Å². The van der Waals surface area contributed by atoms with E-state index in [0.717, 1.165) is 31.8 Å². The molecule has 0 radical (unpaired) electrons. The molecule has 0 heterocycles. The quantitative estimate of drug-likeness (QED) is 0.662. The van der Waals surface area contributed by atoms with Crippen LogP contribution in [-0.2, 0) is 13.0 Å². The van der Waals surface area contributed by atoms with Crippen molar-refractivity contribution < 1.29 is 0 Å². The first-order valence-electron chi connectivity index (χ1n) is 6.55. The maximum Gasteiger partial charge on any atom is 0.0236 e. The van der Waals surface area contributed by atoms with Gasteiger partial charge >= 0.3 is 0 Å². The van der Waals surface area contributed by atoms with Crippen LogP contribution in [0.3, 0.4) is 0 Å². The molecule has 0 bridgehead atoms. The molecule has 0 amide bonds. The summed E-state index contributed by atoms with van der Waals surface area (Å²) in [6.45, 7) is 8.79. The first-order valence-corrected chi connectivity index (χ1v) is 7.08. The molecule has 17 heavy (non-hydrogen) atoms. The van der Waals surface area contributed by atoms with Gasteiger partial charge in [-0.25, -0.2) is 0 Å². The number of nitrogens with zero attached hydrogens (tertiary/aromatic N) is 1. The van der Waals surface area contributed by atoms with Gasteiger partial charge in [-0.1, -0.05) is 31.2 Å². The zero-order valence-corrected chi connectivity index (χ0v) is 12.0. The van der Waals surface area contributed by atoms with Crippen LogP contribution >= 0.6 is 11.6 Å². The lowest BCUT2D eigenvalue weighted by molar-refractivity contribution is 0.214. The van der Waals surface area contributed by atoms with Gasteiger partial charge in [-0.2, -0.15) is 0 Å². The van der Waals surface area contributed by atoms with E-state index in [1.165, 1.54) is 11.1 Å². The van der Waals surface area contributed by atoms with Gasteiger partial charge < -0.3 is 0 Å². The normalized spacial score (nSPS) is 11.4. The third-order valence-corrected chi connectivity index (χ3v) is 3.39. The predicted molar refractivity (Wildman–Crippen MR) is 76.7 cm³/mol. The smallest absolute Gasteiger partial charge is 0.0236 e. The van der Waals surface area contributed by atoms with Gasteiger partial charge in [0.2, 0.25) is 0 Å². The summed E-state index contributed by atoms with van der Waals surface area (Å²) >= 11 is 5.77. The molecule has 0 aromatic heterocycles. The van der Waals surface area contributed by atoms with E-state index >= 15 is 0 Å². The van der Waals surface area contributed by atoms with Crippen LogP contribution in [-0.4, -0.2) is 23.4 Å². The van der Waals surface area contributed by atoms with Crippen molar-refractivity contribution in [1.29, 1.82) is 0 Å². The Kier molecular flexibility index (Phi) is 6.61. The van der Waals surface area contributed by atoms with Gasteiger partial charge in [0, 0.05) is 18.5 Å². The Morgan fingerprint density at radius 2 is 1.71 bits per heavy atom. The molecule has 0 atom stereocenters. The van der Waals surface area contributed by atoms with E-state index in [1.54, 1.807) is 0 Å². The van der Waals surface area contributed by atoms with Crippen molar-refractivity contribution >= 4 is 11.6 Å². The highest BCUT2D eigenvalue weighted by Gasteiger charge is 2.09. The molecule has 2 heteroatoms. The largest absolute Gasteiger partial charge is 0.297 e. The van der Waals surface area contributed by atoms with Crippen molar-refractivity contribution in [2.75, 3.05) is 12.4 Å². The minimum atomic E-state index is 0.573. The Hall–Kier alpha value is -0.530. The Labute approximate surface area is 111 Å². The Balaban J connectivity index is 2.58. The molecule has 0 saturated carbocycles. The van der Waals surface area contributed by atoms with Crippen LogP contribution in [0.4, 0.5) is 0 Å². The van der Waals surface area contributed by atoms with Gasteiger partial charge in [0.15, 0.2) is 0 Å². The Bertz CT molecular complexity index is 305. The second-order valence-electron chi connectivity index (χ2n) is 4.78. The molecule has 1 aromatic rings. The molecule has 0 aliphatic rings. The number of aryl methyl sites for hydroxylation is 1. The van der Waals surface area contributed by atoms with Crippen molar-refractivity contribution in [3.63, 3.8) is 0 Å². The van der Waals surface area contributed by atoms with Crippen molar-refractivity contribution in [1.82, 2.24) is 4.90 Å². The molecule has 1 nitrogen and oxygen atoms in total. The molecular formula is C15H24ClN. The van der Waals surface area contributed by atoms with Gasteiger partial charge in [-0.05, 0) is 44.4 Å². The van der Waals surface area contributed by atoms with Gasteiger partial charge in [0.05, 0.1) is 0 Å². The van der Waals surface area contributed by atoms with Crippen LogP contribution in [0.1, 0.15) is 38.3 Å². The average Bonchev–Trinajstić information content (AvgIpc) is 2.35. The summed E-state index contributed by atoms with van der Waals surface area (Å²) in [6, 6.07) is 9.53. The molecule has 0 fully saturated rings. The summed E-state index contributed by atoms with van der Waals surface area (Å²) in [7, 11) is 0. The summed E-state index contributed by atoms with van der Waals surface area (Å²) in [5.74, 6) is 0.748. The molecular weight excluding hydrogens is 230 g/mol. The highest BCUT2D eigenvalue weighted by Crippen LogP contribution is 2.11. The third-order valence-electron chi connectivity index (χ3n) is 3.13. The second-order valence-corrected chi connectivity index (χ2v) is 5.15. The van der Waals surface area contributed by atoms with E-state index in [-0.39, 0.29) is 0 Å². The van der Waals surface area contributed by atoms with Gasteiger partial charge in [0.25, 0.3) is 0 Å². The molecule has 1 aromatic carbocycles. The highest BCUT2D eigenvalue weighted by molar-refractivity contribution is 6.17. The van der Waals surface area contributed by atoms with Crippen molar-refractivity contribution in [3.05, 3.63) is 35.4 Å². The average molecular weight is 254 g/mol. The van der Waals surface area contributed by atoms with E-state index in [9.17, 15) is 0 Å². The molecule has 0 saturated heterocycles. The summed E-state index contributed by atoms with van der Waals surface area (Å²) in [6.07, 6.45) is 2.17. The topological polar surface area (TPSA) is 3.24 Å². The van der Waals surface area contributed by atoms with Crippen molar-refractivity contribution in [2.45, 2.75) is 46.2 Å². The number of alkyl halides is 1. The number of hydrogen-bond donors (Lipinski definition) is 0. The SMILES string of the molecule is CCc1ccc(CN(CCCCl)C(C)C)cc1. The summed E-state index contributed by atoms with van der Waals surface area (Å²) in [4.78, 5) is 2.48. The highest BCUT2D eigenvalue weighted by atomic mass is 35.5. The maximum atomic E-state index is 5.77. The fourth-order valence-electron chi connectivity index (χ4n) is 1.90. The van der Waals surface area contributed by atoms with E-state index in [0.29, 0.717) is 6.04 Å². The zero-order valence-electron chi connectivity index (χ0n) is 11.2. The number of hydrogen-bond acceptors (Lipinski definition) is 1. The summed E-state index contributed by atoms with van der Waals surface area (Å²) < 4.78 is 0. The van der Waals surface area contributed by atoms with E-state index in [4.69, 9.17) is 11.6 Å². The van der Waals surface area contributed by atoms with Crippen molar-refractivity contribution in [3.8, 4) is 0 Å². The Morgan fingerprint density at radius 1 is 1.12 bits per heavy atom. The second kappa shape index (κ2) is 7.73. The van der Waals surface area contributed by atoms with E-state index in [2.05, 4.69) is 49.9 Å². The predicted octanol–water partition coefficient (Wildman–Crippen LogP) is 4.09. The van der Waals surface area contributed by atoms with E-state index < -0.39 is 0 Å². The molecule has 0 spiro atoms. The fourth-order valence-corrected chi connectivity index (χ4v) is 2.02. The number of halogens is 1. The molecule has 0 unspecified atom stereocenters. The Morgan fingerprint density at radius 3 is 2.18 bits per heavy atom. The standard InChI is InChI=1S/C15H24ClN/c1-4-14-6-8-15(9-7-14)12-17(13(2)3)11-5-10-16/h6-9,13H,4-5,10-12H2,1-3H3. The maximum absolute atomic E-state index is 5.77. The summed E-state index contributed by atoms with van der Waals surface area (Å²) in [5.41, 5.74) is 2.80. The first-order chi connectivity index (χ1) is 8.17. The lowest BCUT2D eigenvalue weighted by atomic mass is 10.1. The number of rotatable bonds is 7. The van der Waals surface area contributed by atoms with Crippen LogP contribution in [0.5, 0.6) is 0 Å². The van der Waals surface area contributed by atoms with Gasteiger partial charge in [-0.15, -0.1) is 11.6 Å². The molecule has 0 aliphatic heterocycles. The molecule has 1 rings (SSSR count). The number of benzene rings is 1. The van der Waals surface area contributed by atoms with Crippen LogP contribution in [0.15, 0.2) is 24.3 Å². The van der Waals surface area contributed by atoms with E-state index in [1.807, 2.05) is 0 Å². The third kappa shape index (κ3) is 5.10. The first kappa shape index (κ1) is 14.5. The van der Waals surface area contributed by atoms with Crippen LogP contribution in [0, 0.1) is 0 Å². The van der Waals surface area contributed by atoms with Crippen molar-refractivity contribution in [2.24, 2.45) is 0 Å². The minimum absolute atomic E-state index is 0.573. The van der Waals surface area contributed by atoms with Crippen LogP contribution < -0.4 is 0 Å². The van der Waals surface area contributed by atoms with Crippen LogP contribution in [0.25, 0.3) is 0 Å². The lowest BCUT2D eigenvalue weighted by Crippen LogP contribution is -2.31. The fraction of sp³-hybridized carbons (Fsp3) is 0.600. The molecule has 0 N–H and O–H groups in total. The van der Waals surface area contributed by atoms with Gasteiger partial charge in [-0.3, -0.25) is 4.90 Å². The lowest BCUT2D eigenvalue weighted by Gasteiger charge is -2.26. The monoisotopic (exact) mass is 253 g/mol. The molecule has 0 aliphatic carbocycles. The summed E-state index contributed by atoms with van der Waals surface area (Å²) in [5, 5.41) is 0.